The summed E-state index contributed by atoms with van der Waals surface area (Å²) >= 11 is 0. The lowest BCUT2D eigenvalue weighted by Gasteiger charge is -2.51. The molecule has 5 heteroatoms. The molecular formula is C28H37NO4. The Morgan fingerprint density at radius 2 is 1.85 bits per heavy atom. The van der Waals surface area contributed by atoms with Crippen molar-refractivity contribution in [2.45, 2.75) is 51.4 Å². The normalized spacial score (nSPS) is 43.1. The molecule has 0 aromatic heterocycles. The van der Waals surface area contributed by atoms with Crippen molar-refractivity contribution >= 4 is 5.91 Å². The highest BCUT2D eigenvalue weighted by atomic mass is 16.3. The Bertz CT molecular complexity index is 925. The van der Waals surface area contributed by atoms with E-state index < -0.39 is 23.5 Å². The number of aliphatic hydroxyl groups is 3. The summed E-state index contributed by atoms with van der Waals surface area (Å²) < 4.78 is 0. The third-order valence-electron chi connectivity index (χ3n) is 8.28. The Hall–Kier alpha value is -2.21. The van der Waals surface area contributed by atoms with Gasteiger partial charge in [0.1, 0.15) is 0 Å². The number of nitrogens with one attached hydrogen (secondary N) is 1. The van der Waals surface area contributed by atoms with Crippen LogP contribution in [0.25, 0.3) is 0 Å². The smallest absolute Gasteiger partial charge is 0.230 e. The molecule has 1 amide bonds. The zero-order chi connectivity index (χ0) is 23.8. The van der Waals surface area contributed by atoms with E-state index >= 15 is 0 Å². The second-order valence-electron chi connectivity index (χ2n) is 10.3. The molecule has 1 aromatic rings. The molecule has 0 radical (unpaired) electrons. The Labute approximate surface area is 196 Å². The molecule has 4 N–H and O–H groups in total. The van der Waals surface area contributed by atoms with E-state index in [0.717, 1.165) is 12.0 Å². The van der Waals surface area contributed by atoms with Crippen LogP contribution in [0.15, 0.2) is 66.8 Å². The minimum absolute atomic E-state index is 0.0788. The van der Waals surface area contributed by atoms with Gasteiger partial charge in [0, 0.05) is 24.5 Å². The van der Waals surface area contributed by atoms with Crippen molar-refractivity contribution in [2.24, 2.45) is 35.0 Å². The number of rotatable bonds is 3. The van der Waals surface area contributed by atoms with Gasteiger partial charge in [0.25, 0.3) is 0 Å². The van der Waals surface area contributed by atoms with Crippen LogP contribution in [-0.4, -0.2) is 46.1 Å². The van der Waals surface area contributed by atoms with Crippen LogP contribution >= 0.6 is 0 Å². The summed E-state index contributed by atoms with van der Waals surface area (Å²) in [5.74, 6) is -0.923. The predicted molar refractivity (Wildman–Crippen MR) is 129 cm³/mol. The van der Waals surface area contributed by atoms with Crippen LogP contribution in [0.2, 0.25) is 0 Å². The maximum absolute atomic E-state index is 13.8. The van der Waals surface area contributed by atoms with Gasteiger partial charge < -0.3 is 20.6 Å². The number of benzene rings is 1. The third kappa shape index (κ3) is 4.11. The van der Waals surface area contributed by atoms with E-state index in [2.05, 4.69) is 31.0 Å². The van der Waals surface area contributed by atoms with Crippen molar-refractivity contribution < 1.29 is 20.1 Å². The lowest BCUT2D eigenvalue weighted by atomic mass is 9.51. The predicted octanol–water partition coefficient (Wildman–Crippen LogP) is 3.02. The average molecular weight is 452 g/mol. The van der Waals surface area contributed by atoms with Crippen molar-refractivity contribution in [1.29, 1.82) is 0 Å². The molecule has 0 unspecified atom stereocenters. The van der Waals surface area contributed by atoms with E-state index in [4.69, 9.17) is 0 Å². The first-order valence-electron chi connectivity index (χ1n) is 12.2. The number of allylic oxidation sites excluding steroid dienone is 2. The monoisotopic (exact) mass is 451 g/mol. The minimum atomic E-state index is -1.19. The fraction of sp³-hybridized carbons (Fsp3) is 0.536. The zero-order valence-corrected chi connectivity index (χ0v) is 19.6. The van der Waals surface area contributed by atoms with E-state index in [0.29, 0.717) is 18.4 Å². The molecule has 4 rings (SSSR count). The van der Waals surface area contributed by atoms with E-state index in [1.807, 2.05) is 43.4 Å². The second-order valence-corrected chi connectivity index (χ2v) is 10.3. The van der Waals surface area contributed by atoms with Gasteiger partial charge in [0.05, 0.1) is 17.6 Å². The Morgan fingerprint density at radius 3 is 2.55 bits per heavy atom. The van der Waals surface area contributed by atoms with E-state index in [1.54, 1.807) is 6.08 Å². The molecule has 1 saturated heterocycles. The summed E-state index contributed by atoms with van der Waals surface area (Å²) in [5, 5.41) is 35.9. The molecule has 178 valence electrons. The van der Waals surface area contributed by atoms with Crippen LogP contribution in [0.1, 0.15) is 32.3 Å². The molecule has 2 fully saturated rings. The van der Waals surface area contributed by atoms with Gasteiger partial charge in [-0.3, -0.25) is 4.79 Å². The molecule has 1 saturated carbocycles. The van der Waals surface area contributed by atoms with Crippen LogP contribution in [0.4, 0.5) is 0 Å². The SMILES string of the molecule is C=C1[C@@H](C)[C@H]2[C@H](Cc3ccccc3)NC(=O)[C@]23[C@H](O)/C=C/[C@@H](C)C[C@@H](CO)C/C=C/[C@H]3[C@@H]1O. The van der Waals surface area contributed by atoms with E-state index in [9.17, 15) is 20.1 Å². The molecule has 0 bridgehead atoms. The molecule has 3 aliphatic rings. The first-order valence-corrected chi connectivity index (χ1v) is 12.2. The number of hydrogen-bond donors (Lipinski definition) is 4. The molecular weight excluding hydrogens is 414 g/mol. The Balaban J connectivity index is 1.82. The van der Waals surface area contributed by atoms with E-state index in [1.165, 1.54) is 0 Å². The highest BCUT2D eigenvalue weighted by Crippen LogP contribution is 2.57. The first-order chi connectivity index (χ1) is 15.8. The molecule has 1 spiro atoms. The average Bonchev–Trinajstić information content (AvgIpc) is 3.08. The third-order valence-corrected chi connectivity index (χ3v) is 8.28. The summed E-state index contributed by atoms with van der Waals surface area (Å²) in [6.45, 7) is 8.37. The van der Waals surface area contributed by atoms with Crippen molar-refractivity contribution in [2.75, 3.05) is 6.61 Å². The maximum atomic E-state index is 13.8. The van der Waals surface area contributed by atoms with Crippen molar-refractivity contribution in [3.63, 3.8) is 0 Å². The summed E-state index contributed by atoms with van der Waals surface area (Å²) in [7, 11) is 0. The second kappa shape index (κ2) is 9.57. The zero-order valence-electron chi connectivity index (χ0n) is 19.6. The van der Waals surface area contributed by atoms with Gasteiger partial charge in [0.2, 0.25) is 5.91 Å². The molecule has 9 atom stereocenters. The summed E-state index contributed by atoms with van der Waals surface area (Å²) in [6.07, 6.45) is 7.71. The molecule has 2 aliphatic carbocycles. The van der Waals surface area contributed by atoms with Gasteiger partial charge in [-0.05, 0) is 48.2 Å². The Kier molecular flexibility index (Phi) is 6.94. The fourth-order valence-corrected chi connectivity index (χ4v) is 6.56. The number of carbonyl (C=O) groups is 1. The summed E-state index contributed by atoms with van der Waals surface area (Å²) in [4.78, 5) is 13.8. The van der Waals surface area contributed by atoms with Gasteiger partial charge in [-0.2, -0.15) is 0 Å². The lowest BCUT2D eigenvalue weighted by Crippen LogP contribution is -2.59. The molecule has 1 heterocycles. The topological polar surface area (TPSA) is 89.8 Å². The van der Waals surface area contributed by atoms with Gasteiger partial charge >= 0.3 is 0 Å². The minimum Gasteiger partial charge on any atom is -0.396 e. The van der Waals surface area contributed by atoms with Crippen LogP contribution in [0, 0.1) is 35.0 Å². The highest BCUT2D eigenvalue weighted by Gasteiger charge is 2.67. The van der Waals surface area contributed by atoms with Crippen molar-refractivity contribution in [3.05, 3.63) is 72.4 Å². The molecule has 5 nitrogen and oxygen atoms in total. The highest BCUT2D eigenvalue weighted by molar-refractivity contribution is 5.88. The first kappa shape index (κ1) is 23.9. The number of carbonyl (C=O) groups excluding carboxylic acids is 1. The summed E-state index contributed by atoms with van der Waals surface area (Å²) in [5.41, 5.74) is 0.639. The van der Waals surface area contributed by atoms with Gasteiger partial charge in [0.15, 0.2) is 0 Å². The number of aliphatic hydroxyl groups excluding tert-OH is 3. The quantitative estimate of drug-likeness (QED) is 0.532. The summed E-state index contributed by atoms with van der Waals surface area (Å²) in [6, 6.07) is 9.88. The number of hydrogen-bond acceptors (Lipinski definition) is 4. The fourth-order valence-electron chi connectivity index (χ4n) is 6.56. The Morgan fingerprint density at radius 1 is 1.12 bits per heavy atom. The van der Waals surface area contributed by atoms with Crippen LogP contribution in [0.3, 0.4) is 0 Å². The maximum Gasteiger partial charge on any atom is 0.230 e. The van der Waals surface area contributed by atoms with Gasteiger partial charge in [-0.1, -0.05) is 75.1 Å². The van der Waals surface area contributed by atoms with Gasteiger partial charge in [-0.15, -0.1) is 0 Å². The van der Waals surface area contributed by atoms with E-state index in [-0.39, 0.29) is 42.2 Å². The van der Waals surface area contributed by atoms with Crippen molar-refractivity contribution in [3.8, 4) is 0 Å². The van der Waals surface area contributed by atoms with Crippen LogP contribution in [-0.2, 0) is 11.2 Å². The van der Waals surface area contributed by atoms with Crippen molar-refractivity contribution in [1.82, 2.24) is 5.32 Å². The standard InChI is InChI=1S/C28H37NO4/c1-17-12-13-24(31)28-22(11-7-10-21(14-17)16-30)26(32)19(3)18(2)25(28)23(29-27(28)33)15-20-8-5-4-6-9-20/h4-9,11-13,17-18,21-26,30-32H,3,10,14-16H2,1-2H3,(H,29,33)/b11-7+,13-12+/t17-,18-,21+,22+,23+,24-,25+,26-,28-/m1/s1. The molecule has 1 aliphatic heterocycles. The largest absolute Gasteiger partial charge is 0.396 e. The van der Waals surface area contributed by atoms with Crippen LogP contribution in [0.5, 0.6) is 0 Å². The lowest BCUT2D eigenvalue weighted by molar-refractivity contribution is -0.147. The van der Waals surface area contributed by atoms with Crippen LogP contribution < -0.4 is 5.32 Å². The molecule has 1 aromatic carbocycles. The number of amides is 1. The van der Waals surface area contributed by atoms with Gasteiger partial charge in [-0.25, -0.2) is 0 Å². The molecule has 33 heavy (non-hydrogen) atoms.